The Labute approximate surface area is 208 Å². The van der Waals surface area contributed by atoms with Crippen molar-refractivity contribution in [2.75, 3.05) is 7.05 Å². The Hall–Kier alpha value is -1.82. The summed E-state index contributed by atoms with van der Waals surface area (Å²) in [4.78, 5) is 18.3. The molecular formula is C24H35N2O5P2S+. The average molecular weight is 526 g/mol. The van der Waals surface area contributed by atoms with Crippen molar-refractivity contribution >= 4 is 32.5 Å². The molecule has 0 aromatic heterocycles. The molecule has 0 aliphatic carbocycles. The predicted molar refractivity (Wildman–Crippen MR) is 143 cm³/mol. The van der Waals surface area contributed by atoms with Gasteiger partial charge in [0.25, 0.3) is 5.34 Å². The van der Waals surface area contributed by atoms with Crippen molar-refractivity contribution in [2.24, 2.45) is 5.10 Å². The van der Waals surface area contributed by atoms with Gasteiger partial charge in [0.2, 0.25) is 0 Å². The summed E-state index contributed by atoms with van der Waals surface area (Å²) in [5.41, 5.74) is 1.28. The van der Waals surface area contributed by atoms with Gasteiger partial charge < -0.3 is 19.3 Å². The lowest BCUT2D eigenvalue weighted by Crippen LogP contribution is -2.30. The third-order valence-corrected chi connectivity index (χ3v) is 9.96. The summed E-state index contributed by atoms with van der Waals surface area (Å²) in [6.07, 6.45) is 3.06. The van der Waals surface area contributed by atoms with Gasteiger partial charge in [0.1, 0.15) is 17.1 Å². The molecule has 34 heavy (non-hydrogen) atoms. The van der Waals surface area contributed by atoms with Gasteiger partial charge in [0.05, 0.1) is 19.4 Å². The van der Waals surface area contributed by atoms with Crippen molar-refractivity contribution in [3.05, 3.63) is 59.7 Å². The zero-order chi connectivity index (χ0) is 25.6. The standard InChI is InChI=1S/C24H34N2O5P2S/c1-7-23(3,4)30-21-13-9-19(10-14-21)17-25-26(6)32(34)24(5,8-2)31-22-15-11-20(12-16-22)18-33(27,28)29/h9-17H,7-8,18H2,1-6H3,(H-,27,28,29)/p+1/b25-17+. The molecule has 7 nitrogen and oxygen atoms in total. The summed E-state index contributed by atoms with van der Waals surface area (Å²) < 4.78 is 25.2. The molecule has 0 radical (unpaired) electrons. The van der Waals surface area contributed by atoms with Gasteiger partial charge in [-0.25, -0.2) is 0 Å². The first-order valence-electron chi connectivity index (χ1n) is 11.1. The lowest BCUT2D eigenvalue weighted by Gasteiger charge is -2.24. The molecule has 10 heteroatoms. The maximum Gasteiger partial charge on any atom is 0.358 e. The average Bonchev–Trinajstić information content (AvgIpc) is 2.78. The van der Waals surface area contributed by atoms with Crippen LogP contribution in [0.1, 0.15) is 58.6 Å². The molecule has 0 saturated heterocycles. The second-order valence-electron chi connectivity index (χ2n) is 8.89. The van der Waals surface area contributed by atoms with Crippen molar-refractivity contribution < 1.29 is 23.8 Å². The van der Waals surface area contributed by atoms with E-state index in [4.69, 9.17) is 31.1 Å². The number of benzene rings is 2. The highest BCUT2D eigenvalue weighted by Crippen LogP contribution is 2.46. The van der Waals surface area contributed by atoms with Crippen LogP contribution < -0.4 is 9.47 Å². The zero-order valence-corrected chi connectivity index (χ0v) is 23.2. The monoisotopic (exact) mass is 525 g/mol. The molecule has 2 atom stereocenters. The van der Waals surface area contributed by atoms with Crippen LogP contribution in [0.2, 0.25) is 0 Å². The highest BCUT2D eigenvalue weighted by Gasteiger charge is 2.45. The van der Waals surface area contributed by atoms with Crippen LogP contribution in [-0.2, 0) is 22.5 Å². The Morgan fingerprint density at radius 1 is 1.00 bits per heavy atom. The van der Waals surface area contributed by atoms with Gasteiger partial charge in [-0.2, -0.15) is 0 Å². The molecule has 2 unspecified atom stereocenters. The summed E-state index contributed by atoms with van der Waals surface area (Å²) in [6, 6.07) is 14.5. The molecule has 0 aliphatic heterocycles. The number of hydrazone groups is 1. The van der Waals surface area contributed by atoms with E-state index in [1.807, 2.05) is 45.2 Å². The van der Waals surface area contributed by atoms with Gasteiger partial charge in [-0.05, 0) is 67.8 Å². The molecule has 0 fully saturated rings. The topological polar surface area (TPSA) is 91.6 Å². The van der Waals surface area contributed by atoms with Gasteiger partial charge in [0, 0.05) is 13.3 Å². The number of hydrogen-bond acceptors (Lipinski definition) is 5. The molecule has 186 valence electrons. The van der Waals surface area contributed by atoms with E-state index in [2.05, 4.69) is 25.9 Å². The quantitative estimate of drug-likeness (QED) is 0.192. The highest BCUT2D eigenvalue weighted by molar-refractivity contribution is 8.04. The van der Waals surface area contributed by atoms with Crippen molar-refractivity contribution in [2.45, 2.75) is 64.6 Å². The van der Waals surface area contributed by atoms with Crippen LogP contribution in [0.4, 0.5) is 0 Å². The zero-order valence-electron chi connectivity index (χ0n) is 20.6. The molecular weight excluding hydrogens is 490 g/mol. The van der Waals surface area contributed by atoms with Gasteiger partial charge >= 0.3 is 14.4 Å². The molecule has 0 bridgehead atoms. The number of hydrogen-bond donors (Lipinski definition) is 2. The lowest BCUT2D eigenvalue weighted by molar-refractivity contribution is 0.105. The molecule has 2 aromatic rings. The maximum atomic E-state index is 11.2. The minimum absolute atomic E-state index is 0.210. The second-order valence-corrected chi connectivity index (χ2v) is 13.6. The number of ether oxygens (including phenoxy) is 2. The Morgan fingerprint density at radius 2 is 1.53 bits per heavy atom. The predicted octanol–water partition coefficient (Wildman–Crippen LogP) is 6.26. The van der Waals surface area contributed by atoms with Crippen molar-refractivity contribution in [3.8, 4) is 11.5 Å². The van der Waals surface area contributed by atoms with Crippen LogP contribution in [0.5, 0.6) is 11.5 Å². The van der Waals surface area contributed by atoms with Crippen LogP contribution in [-0.4, -0.2) is 38.8 Å². The second kappa shape index (κ2) is 11.7. The van der Waals surface area contributed by atoms with Gasteiger partial charge in [-0.3, -0.25) is 4.57 Å². The van der Waals surface area contributed by atoms with Gasteiger partial charge in [-0.15, -0.1) is 9.88 Å². The van der Waals surface area contributed by atoms with Crippen LogP contribution in [0.25, 0.3) is 0 Å². The van der Waals surface area contributed by atoms with Gasteiger partial charge in [0.15, 0.2) is 11.8 Å². The molecule has 0 amide bonds. The Kier molecular flexibility index (Phi) is 9.81. The van der Waals surface area contributed by atoms with E-state index < -0.39 is 19.8 Å². The number of nitrogens with zero attached hydrogens (tertiary/aromatic N) is 2. The van der Waals surface area contributed by atoms with Crippen LogP contribution in [0.15, 0.2) is 53.6 Å². The summed E-state index contributed by atoms with van der Waals surface area (Å²) >= 11 is 5.83. The fourth-order valence-electron chi connectivity index (χ4n) is 2.92. The SMILES string of the molecule is CCC(C)(C)Oc1ccc(/C=N/N(C)[P+](=S)C(C)(CC)Oc2ccc(CP(=O)(O)O)cc2)cc1. The summed E-state index contributed by atoms with van der Waals surface area (Å²) in [7, 11) is -2.27. The van der Waals surface area contributed by atoms with E-state index in [0.717, 1.165) is 17.7 Å². The normalized spacial score (nSPS) is 14.5. The fraction of sp³-hybridized carbons (Fsp3) is 0.458. The first-order chi connectivity index (χ1) is 15.8. The third-order valence-electron chi connectivity index (χ3n) is 5.47. The van der Waals surface area contributed by atoms with E-state index in [-0.39, 0.29) is 11.8 Å². The summed E-state index contributed by atoms with van der Waals surface area (Å²) in [6.45, 7) is 8.98. The van der Waals surface area contributed by atoms with Crippen molar-refractivity contribution in [1.29, 1.82) is 0 Å². The molecule has 0 saturated carbocycles. The van der Waals surface area contributed by atoms with Crippen LogP contribution in [0, 0.1) is 0 Å². The lowest BCUT2D eigenvalue weighted by atomic mass is 10.1. The van der Waals surface area contributed by atoms with Crippen LogP contribution >= 0.6 is 14.4 Å². The minimum Gasteiger partial charge on any atom is -0.488 e. The first-order valence-corrected chi connectivity index (χ1v) is 15.2. The third kappa shape index (κ3) is 8.75. The first kappa shape index (κ1) is 28.4. The maximum absolute atomic E-state index is 11.2. The fourth-order valence-corrected chi connectivity index (χ4v) is 5.44. The smallest absolute Gasteiger partial charge is 0.358 e. The Balaban J connectivity index is 2.05. The highest BCUT2D eigenvalue weighted by atomic mass is 32.4. The van der Waals surface area contributed by atoms with Crippen molar-refractivity contribution in [3.63, 3.8) is 0 Å². The molecule has 2 rings (SSSR count). The number of rotatable bonds is 12. The molecule has 0 aliphatic rings. The van der Waals surface area contributed by atoms with E-state index >= 15 is 0 Å². The van der Waals surface area contributed by atoms with E-state index in [1.54, 1.807) is 35.3 Å². The molecule has 0 heterocycles. The summed E-state index contributed by atoms with van der Waals surface area (Å²) in [5, 5.41) is 3.90. The molecule has 0 spiro atoms. The molecule has 2 aromatic carbocycles. The molecule has 2 N–H and O–H groups in total. The van der Waals surface area contributed by atoms with Gasteiger partial charge in [-0.1, -0.05) is 26.0 Å². The summed E-state index contributed by atoms with van der Waals surface area (Å²) in [5.74, 6) is 1.42. The van der Waals surface area contributed by atoms with E-state index in [0.29, 0.717) is 17.7 Å². The Bertz CT molecular complexity index is 1040. The van der Waals surface area contributed by atoms with Crippen LogP contribution in [0.3, 0.4) is 0 Å². The Morgan fingerprint density at radius 3 is 2.03 bits per heavy atom. The van der Waals surface area contributed by atoms with E-state index in [9.17, 15) is 4.57 Å². The van der Waals surface area contributed by atoms with Crippen molar-refractivity contribution in [1.82, 2.24) is 4.78 Å². The largest absolute Gasteiger partial charge is 0.488 e. The van der Waals surface area contributed by atoms with E-state index in [1.165, 1.54) is 0 Å². The minimum atomic E-state index is -4.11.